The predicted octanol–water partition coefficient (Wildman–Crippen LogP) is -2.57. The third-order valence-electron chi connectivity index (χ3n) is 2.49. The average Bonchev–Trinajstić information content (AvgIpc) is 2.37. The maximum Gasteiger partial charge on any atom is 0.311 e. The van der Waals surface area contributed by atoms with Crippen LogP contribution in [-0.2, 0) is 9.47 Å². The van der Waals surface area contributed by atoms with E-state index in [4.69, 9.17) is 20.1 Å². The fourth-order valence-corrected chi connectivity index (χ4v) is 1.52. The molecule has 1 saturated heterocycles. The summed E-state index contributed by atoms with van der Waals surface area (Å²) in [5.41, 5.74) is 8.03. The van der Waals surface area contributed by atoms with Crippen LogP contribution in [0, 0.1) is 0 Å². The predicted molar refractivity (Wildman–Crippen MR) is 54.9 cm³/mol. The summed E-state index contributed by atoms with van der Waals surface area (Å²) in [5.74, 6) is -2.59. The second-order valence-electron chi connectivity index (χ2n) is 3.70. The molecule has 1 aliphatic heterocycles. The highest BCUT2D eigenvalue weighted by molar-refractivity contribution is 4.92. The van der Waals surface area contributed by atoms with Gasteiger partial charge in [-0.25, -0.2) is 0 Å². The van der Waals surface area contributed by atoms with E-state index in [-0.39, 0.29) is 13.2 Å². The Morgan fingerprint density at radius 1 is 1.33 bits per heavy atom. The summed E-state index contributed by atoms with van der Waals surface area (Å²) >= 11 is 0. The van der Waals surface area contributed by atoms with Crippen LogP contribution in [0.3, 0.4) is 0 Å². The number of rotatable bonds is 5. The Labute approximate surface area is 102 Å². The van der Waals surface area contributed by atoms with Crippen molar-refractivity contribution in [3.8, 4) is 0 Å². The van der Waals surface area contributed by atoms with Gasteiger partial charge in [-0.15, -0.1) is 0 Å². The average molecular weight is 265 g/mol. The minimum Gasteiger partial charge on any atom is -0.394 e. The van der Waals surface area contributed by atoms with Crippen molar-refractivity contribution in [1.82, 2.24) is 0 Å². The number of hydrogen-bond acceptors (Lipinski definition) is 8. The van der Waals surface area contributed by atoms with Gasteiger partial charge >= 0.3 is 5.97 Å². The topological polar surface area (TPSA) is 168 Å². The molecular formula is C8H15N3O7. The minimum atomic E-state index is -2.59. The van der Waals surface area contributed by atoms with Gasteiger partial charge in [-0.05, 0) is 5.53 Å². The van der Waals surface area contributed by atoms with Crippen molar-refractivity contribution in [3.63, 3.8) is 0 Å². The maximum absolute atomic E-state index is 9.82. The molecule has 0 aromatic carbocycles. The number of ether oxygens (including phenoxy) is 2. The van der Waals surface area contributed by atoms with Gasteiger partial charge in [0.15, 0.2) is 6.10 Å². The molecule has 1 fully saturated rings. The molecule has 10 heteroatoms. The highest BCUT2D eigenvalue weighted by Gasteiger charge is 2.53. The highest BCUT2D eigenvalue weighted by atomic mass is 16.8. The van der Waals surface area contributed by atoms with Crippen molar-refractivity contribution in [1.29, 1.82) is 0 Å². The zero-order valence-corrected chi connectivity index (χ0v) is 9.32. The summed E-state index contributed by atoms with van der Waals surface area (Å²) in [5, 5.41) is 50.3. The van der Waals surface area contributed by atoms with Gasteiger partial charge in [0.25, 0.3) is 0 Å². The van der Waals surface area contributed by atoms with Crippen LogP contribution in [0.1, 0.15) is 0 Å². The summed E-state index contributed by atoms with van der Waals surface area (Å²) < 4.78 is 9.56. The second kappa shape index (κ2) is 6.27. The molecule has 0 spiro atoms. The third-order valence-corrected chi connectivity index (χ3v) is 2.49. The summed E-state index contributed by atoms with van der Waals surface area (Å²) in [7, 11) is 0. The van der Waals surface area contributed by atoms with Crippen LogP contribution in [0.2, 0.25) is 0 Å². The molecule has 0 amide bonds. The lowest BCUT2D eigenvalue weighted by molar-refractivity contribution is -0.448. The van der Waals surface area contributed by atoms with Crippen LogP contribution in [0.15, 0.2) is 5.11 Å². The van der Waals surface area contributed by atoms with Crippen molar-refractivity contribution in [2.75, 3.05) is 19.8 Å². The molecule has 0 radical (unpaired) electrons. The van der Waals surface area contributed by atoms with Gasteiger partial charge in [-0.1, -0.05) is 5.11 Å². The third kappa shape index (κ3) is 3.07. The monoisotopic (exact) mass is 265 g/mol. The minimum absolute atomic E-state index is 0.128. The van der Waals surface area contributed by atoms with Crippen LogP contribution in [0.4, 0.5) is 0 Å². The van der Waals surface area contributed by atoms with E-state index in [1.54, 1.807) is 0 Å². The van der Waals surface area contributed by atoms with Crippen molar-refractivity contribution < 1.29 is 35.0 Å². The molecule has 1 heterocycles. The number of nitrogens with zero attached hydrogens (tertiary/aromatic N) is 3. The Hall–Kier alpha value is -0.970. The van der Waals surface area contributed by atoms with E-state index >= 15 is 0 Å². The van der Waals surface area contributed by atoms with Crippen molar-refractivity contribution in [3.05, 3.63) is 10.4 Å². The highest BCUT2D eigenvalue weighted by Crippen LogP contribution is 2.28. The number of aliphatic hydroxyl groups is 5. The molecule has 10 nitrogen and oxygen atoms in total. The molecule has 0 saturated carbocycles. The molecule has 0 aliphatic carbocycles. The van der Waals surface area contributed by atoms with Crippen LogP contribution >= 0.6 is 0 Å². The van der Waals surface area contributed by atoms with E-state index in [2.05, 4.69) is 10.0 Å². The van der Waals surface area contributed by atoms with Gasteiger partial charge in [0, 0.05) is 11.5 Å². The van der Waals surface area contributed by atoms with E-state index < -0.39 is 37.0 Å². The molecule has 1 aliphatic rings. The van der Waals surface area contributed by atoms with E-state index in [9.17, 15) is 20.4 Å². The Bertz CT molecular complexity index is 322. The first-order valence-electron chi connectivity index (χ1n) is 5.16. The molecule has 0 bridgehead atoms. The fourth-order valence-electron chi connectivity index (χ4n) is 1.52. The van der Waals surface area contributed by atoms with Crippen molar-refractivity contribution in [2.24, 2.45) is 5.11 Å². The van der Waals surface area contributed by atoms with Gasteiger partial charge in [-0.2, -0.15) is 0 Å². The molecule has 0 unspecified atom stereocenters. The lowest BCUT2D eigenvalue weighted by atomic mass is 9.98. The molecule has 5 atom stereocenters. The van der Waals surface area contributed by atoms with Crippen molar-refractivity contribution >= 4 is 0 Å². The SMILES string of the molecule is [N-]=[N+]=NCCO[C@]1(O)O[C@H](CO)[C@@H](O)[C@H](O)[C@@H]1O. The summed E-state index contributed by atoms with van der Waals surface area (Å²) in [6.45, 7) is -1.09. The molecule has 0 aromatic rings. The molecule has 104 valence electrons. The fraction of sp³-hybridized carbons (Fsp3) is 1.00. The second-order valence-corrected chi connectivity index (χ2v) is 3.70. The number of hydrogen-bond donors (Lipinski definition) is 5. The van der Waals surface area contributed by atoms with Gasteiger partial charge < -0.3 is 35.0 Å². The Morgan fingerprint density at radius 2 is 2.00 bits per heavy atom. The zero-order valence-electron chi connectivity index (χ0n) is 9.32. The smallest absolute Gasteiger partial charge is 0.311 e. The van der Waals surface area contributed by atoms with Crippen LogP contribution in [-0.4, -0.2) is 75.7 Å². The first-order chi connectivity index (χ1) is 8.46. The first kappa shape index (κ1) is 15.1. The lowest BCUT2D eigenvalue weighted by Gasteiger charge is -2.44. The maximum atomic E-state index is 9.82. The lowest BCUT2D eigenvalue weighted by Crippen LogP contribution is -2.66. The van der Waals surface area contributed by atoms with Gasteiger partial charge in [0.05, 0.1) is 13.2 Å². The summed E-state index contributed by atoms with van der Waals surface area (Å²) in [6.07, 6.45) is -6.55. The Morgan fingerprint density at radius 3 is 2.56 bits per heavy atom. The molecule has 18 heavy (non-hydrogen) atoms. The first-order valence-corrected chi connectivity index (χ1v) is 5.16. The molecular weight excluding hydrogens is 250 g/mol. The largest absolute Gasteiger partial charge is 0.394 e. The Balaban J connectivity index is 2.69. The summed E-state index contributed by atoms with van der Waals surface area (Å²) in [4.78, 5) is 2.45. The van der Waals surface area contributed by atoms with Gasteiger partial charge in [0.2, 0.25) is 0 Å². The van der Waals surface area contributed by atoms with Gasteiger partial charge in [0.1, 0.15) is 18.3 Å². The normalized spacial score (nSPS) is 40.3. The summed E-state index contributed by atoms with van der Waals surface area (Å²) in [6, 6.07) is 0. The van der Waals surface area contributed by atoms with Crippen molar-refractivity contribution in [2.45, 2.75) is 30.4 Å². The number of aliphatic hydroxyl groups excluding tert-OH is 4. The van der Waals surface area contributed by atoms with Gasteiger partial charge in [-0.3, -0.25) is 0 Å². The van der Waals surface area contributed by atoms with E-state index in [1.165, 1.54) is 0 Å². The van der Waals surface area contributed by atoms with Crippen LogP contribution in [0.5, 0.6) is 0 Å². The van der Waals surface area contributed by atoms with E-state index in [0.29, 0.717) is 0 Å². The quantitative estimate of drug-likeness (QED) is 0.120. The number of azide groups is 1. The van der Waals surface area contributed by atoms with Crippen LogP contribution < -0.4 is 0 Å². The standard InChI is InChI=1S/C8H15N3O7/c9-11-10-1-2-17-8(16)7(15)6(14)5(13)4(3-12)18-8/h4-7,12-16H,1-3H2/t4-,5-,6+,7+,8+/m1/s1. The zero-order chi connectivity index (χ0) is 13.8. The molecule has 5 N–H and O–H groups in total. The van der Waals surface area contributed by atoms with E-state index in [1.807, 2.05) is 0 Å². The van der Waals surface area contributed by atoms with E-state index in [0.717, 1.165) is 0 Å². The van der Waals surface area contributed by atoms with Crippen LogP contribution in [0.25, 0.3) is 10.4 Å². The molecule has 1 rings (SSSR count). The Kier molecular flexibility index (Phi) is 5.26. The molecule has 0 aromatic heterocycles.